The fourth-order valence-corrected chi connectivity index (χ4v) is 1.67. The second kappa shape index (κ2) is 2.79. The van der Waals surface area contributed by atoms with Gasteiger partial charge in [0.15, 0.2) is 0 Å². The lowest BCUT2D eigenvalue weighted by Crippen LogP contribution is -2.38. The van der Waals surface area contributed by atoms with Crippen LogP contribution in [0.1, 0.15) is 18.5 Å². The molecule has 0 amide bonds. The normalized spacial score (nSPS) is 22.2. The first kappa shape index (κ1) is 7.62. The molecule has 1 N–H and O–H groups in total. The van der Waals surface area contributed by atoms with Gasteiger partial charge in [-0.3, -0.25) is 5.32 Å². The van der Waals surface area contributed by atoms with Crippen molar-refractivity contribution in [2.45, 2.75) is 13.0 Å². The Kier molecular flexibility index (Phi) is 1.77. The van der Waals surface area contributed by atoms with E-state index < -0.39 is 0 Å². The first-order valence-electron chi connectivity index (χ1n) is 4.32. The molecule has 1 aliphatic heterocycles. The molecule has 0 saturated heterocycles. The van der Waals surface area contributed by atoms with Crippen LogP contribution in [0.4, 0.5) is 5.69 Å². The van der Waals surface area contributed by atoms with E-state index in [-0.39, 0.29) is 0 Å². The minimum Gasteiger partial charge on any atom is -0.362 e. The number of nitrogens with zero attached hydrogens (tertiary/aromatic N) is 1. The summed E-state index contributed by atoms with van der Waals surface area (Å²) in [5.41, 5.74) is 2.75. The van der Waals surface area contributed by atoms with Gasteiger partial charge in [0.2, 0.25) is 0 Å². The fraction of sp³-hybridized carbons (Fsp3) is 0.400. The molecule has 0 fully saturated rings. The van der Waals surface area contributed by atoms with E-state index in [1.807, 2.05) is 0 Å². The second-order valence-corrected chi connectivity index (χ2v) is 3.34. The molecule has 0 saturated carbocycles. The Morgan fingerprint density at radius 1 is 1.42 bits per heavy atom. The zero-order chi connectivity index (χ0) is 8.55. The van der Waals surface area contributed by atoms with Crippen molar-refractivity contribution in [3.63, 3.8) is 0 Å². The highest BCUT2D eigenvalue weighted by atomic mass is 15.2. The summed E-state index contributed by atoms with van der Waals surface area (Å²) in [6.45, 7) is 3.14. The van der Waals surface area contributed by atoms with Gasteiger partial charge in [-0.05, 0) is 18.6 Å². The van der Waals surface area contributed by atoms with Crippen LogP contribution in [-0.4, -0.2) is 13.7 Å². The van der Waals surface area contributed by atoms with Crippen molar-refractivity contribution in [1.29, 1.82) is 0 Å². The van der Waals surface area contributed by atoms with Crippen molar-refractivity contribution < 1.29 is 0 Å². The summed E-state index contributed by atoms with van der Waals surface area (Å²) in [5.74, 6) is 0. The van der Waals surface area contributed by atoms with Crippen molar-refractivity contribution in [2.24, 2.45) is 0 Å². The van der Waals surface area contributed by atoms with Crippen molar-refractivity contribution in [3.05, 3.63) is 29.8 Å². The van der Waals surface area contributed by atoms with Crippen molar-refractivity contribution in [1.82, 2.24) is 5.32 Å². The van der Waals surface area contributed by atoms with Crippen LogP contribution in [0.3, 0.4) is 0 Å². The van der Waals surface area contributed by atoms with Crippen LogP contribution in [-0.2, 0) is 0 Å². The second-order valence-electron chi connectivity index (χ2n) is 3.34. The first-order valence-corrected chi connectivity index (χ1v) is 4.32. The Hall–Kier alpha value is -1.02. The minimum absolute atomic E-state index is 0.484. The van der Waals surface area contributed by atoms with Crippen LogP contribution in [0.15, 0.2) is 24.3 Å². The number of benzene rings is 1. The van der Waals surface area contributed by atoms with E-state index in [9.17, 15) is 0 Å². The standard InChI is InChI=1S/C10H14N2/c1-8-9-5-3-4-6-10(9)12(2)7-11-8/h3-6,8,11H,7H2,1-2H3. The van der Waals surface area contributed by atoms with Gasteiger partial charge >= 0.3 is 0 Å². The summed E-state index contributed by atoms with van der Waals surface area (Å²) in [7, 11) is 2.11. The van der Waals surface area contributed by atoms with Gasteiger partial charge in [0.1, 0.15) is 0 Å². The van der Waals surface area contributed by atoms with Crippen molar-refractivity contribution in [2.75, 3.05) is 18.6 Å². The van der Waals surface area contributed by atoms with Gasteiger partial charge in [-0.1, -0.05) is 18.2 Å². The Morgan fingerprint density at radius 2 is 2.17 bits per heavy atom. The topological polar surface area (TPSA) is 15.3 Å². The number of nitrogens with one attached hydrogen (secondary N) is 1. The van der Waals surface area contributed by atoms with Crippen LogP contribution in [0.2, 0.25) is 0 Å². The predicted octanol–water partition coefficient (Wildman–Crippen LogP) is 1.74. The zero-order valence-corrected chi connectivity index (χ0v) is 7.54. The average Bonchev–Trinajstić information content (AvgIpc) is 2.12. The van der Waals surface area contributed by atoms with Gasteiger partial charge in [-0.2, -0.15) is 0 Å². The lowest BCUT2D eigenvalue weighted by Gasteiger charge is -2.32. The molecule has 0 spiro atoms. The molecule has 0 aromatic heterocycles. The Morgan fingerprint density at radius 3 is 2.92 bits per heavy atom. The van der Waals surface area contributed by atoms with E-state index >= 15 is 0 Å². The van der Waals surface area contributed by atoms with E-state index in [4.69, 9.17) is 0 Å². The van der Waals surface area contributed by atoms with Gasteiger partial charge in [-0.25, -0.2) is 0 Å². The van der Waals surface area contributed by atoms with Crippen molar-refractivity contribution >= 4 is 5.69 Å². The third-order valence-electron chi connectivity index (χ3n) is 2.45. The highest BCUT2D eigenvalue weighted by Crippen LogP contribution is 2.27. The Balaban J connectivity index is 2.47. The van der Waals surface area contributed by atoms with Crippen molar-refractivity contribution in [3.8, 4) is 0 Å². The van der Waals surface area contributed by atoms with Gasteiger partial charge in [-0.15, -0.1) is 0 Å². The number of hydrogen-bond acceptors (Lipinski definition) is 2. The predicted molar refractivity (Wildman–Crippen MR) is 51.3 cm³/mol. The molecule has 12 heavy (non-hydrogen) atoms. The molecule has 0 radical (unpaired) electrons. The van der Waals surface area contributed by atoms with Crippen LogP contribution >= 0.6 is 0 Å². The lowest BCUT2D eigenvalue weighted by atomic mass is 10.0. The number of rotatable bonds is 0. The Bertz CT molecular complexity index is 254. The molecule has 0 aliphatic carbocycles. The molecule has 1 atom stereocenters. The highest BCUT2D eigenvalue weighted by molar-refractivity contribution is 5.55. The van der Waals surface area contributed by atoms with E-state index in [2.05, 4.69) is 48.5 Å². The summed E-state index contributed by atoms with van der Waals surface area (Å²) < 4.78 is 0. The summed E-state index contributed by atoms with van der Waals surface area (Å²) >= 11 is 0. The van der Waals surface area contributed by atoms with Gasteiger partial charge in [0.25, 0.3) is 0 Å². The molecule has 1 unspecified atom stereocenters. The van der Waals surface area contributed by atoms with Gasteiger partial charge in [0.05, 0.1) is 6.67 Å². The Labute approximate surface area is 73.2 Å². The monoisotopic (exact) mass is 162 g/mol. The quantitative estimate of drug-likeness (QED) is 0.625. The summed E-state index contributed by atoms with van der Waals surface area (Å²) in [4.78, 5) is 2.23. The minimum atomic E-state index is 0.484. The fourth-order valence-electron chi connectivity index (χ4n) is 1.67. The number of fused-ring (bicyclic) bond motifs is 1. The molecule has 1 aromatic carbocycles. The van der Waals surface area contributed by atoms with Gasteiger partial charge < -0.3 is 4.90 Å². The maximum Gasteiger partial charge on any atom is 0.0683 e. The number of hydrogen-bond donors (Lipinski definition) is 1. The third kappa shape index (κ3) is 1.08. The number of anilines is 1. The molecule has 1 aromatic rings. The maximum atomic E-state index is 3.41. The highest BCUT2D eigenvalue weighted by Gasteiger charge is 2.17. The maximum absolute atomic E-state index is 3.41. The third-order valence-corrected chi connectivity index (χ3v) is 2.45. The van der Waals surface area contributed by atoms with Crippen LogP contribution < -0.4 is 10.2 Å². The molecular weight excluding hydrogens is 148 g/mol. The van der Waals surface area contributed by atoms with Crippen LogP contribution in [0.5, 0.6) is 0 Å². The first-order chi connectivity index (χ1) is 5.79. The molecule has 2 rings (SSSR count). The smallest absolute Gasteiger partial charge is 0.0683 e. The zero-order valence-electron chi connectivity index (χ0n) is 7.54. The largest absolute Gasteiger partial charge is 0.362 e. The van der Waals surface area contributed by atoms with E-state index in [0.29, 0.717) is 6.04 Å². The van der Waals surface area contributed by atoms with Crippen LogP contribution in [0.25, 0.3) is 0 Å². The summed E-state index contributed by atoms with van der Waals surface area (Å²) in [6.07, 6.45) is 0. The average molecular weight is 162 g/mol. The van der Waals surface area contributed by atoms with E-state index in [1.54, 1.807) is 0 Å². The summed E-state index contributed by atoms with van der Waals surface area (Å²) in [6, 6.07) is 9.02. The van der Waals surface area contributed by atoms with Crippen LogP contribution in [0, 0.1) is 0 Å². The molecule has 64 valence electrons. The molecule has 2 heteroatoms. The molecule has 1 heterocycles. The van der Waals surface area contributed by atoms with Gasteiger partial charge in [0, 0.05) is 18.8 Å². The molecule has 0 bridgehead atoms. The van der Waals surface area contributed by atoms with E-state index in [0.717, 1.165) is 6.67 Å². The summed E-state index contributed by atoms with van der Waals surface area (Å²) in [5, 5.41) is 3.41. The van der Waals surface area contributed by atoms with E-state index in [1.165, 1.54) is 11.3 Å². The number of para-hydroxylation sites is 1. The molecule has 1 aliphatic rings. The molecule has 2 nitrogen and oxygen atoms in total. The lowest BCUT2D eigenvalue weighted by molar-refractivity contribution is 0.546. The molecular formula is C10H14N2. The SMILES string of the molecule is CC1NCN(C)c2ccccc21.